The van der Waals surface area contributed by atoms with Gasteiger partial charge in [-0.25, -0.2) is 9.97 Å². The quantitative estimate of drug-likeness (QED) is 0.849. The molecule has 0 spiro atoms. The molecule has 1 aromatic heterocycles. The number of carbonyl (C=O) groups is 1. The third-order valence-electron chi connectivity index (χ3n) is 2.65. The van der Waals surface area contributed by atoms with Gasteiger partial charge in [-0.1, -0.05) is 12.1 Å². The van der Waals surface area contributed by atoms with E-state index in [0.29, 0.717) is 5.39 Å². The summed E-state index contributed by atoms with van der Waals surface area (Å²) in [6, 6.07) is 6.43. The van der Waals surface area contributed by atoms with Crippen molar-refractivity contribution in [1.29, 1.82) is 0 Å². The Kier molecular flexibility index (Phi) is 4.25. The van der Waals surface area contributed by atoms with Gasteiger partial charge in [0.1, 0.15) is 5.82 Å². The minimum absolute atomic E-state index is 0.0956. The number of nitrogens with one attached hydrogen (secondary N) is 2. The molecule has 0 saturated heterocycles. The molecule has 0 unspecified atom stereocenters. The molecule has 0 radical (unpaired) electrons. The zero-order chi connectivity index (χ0) is 15.5. The molecule has 8 heteroatoms. The van der Waals surface area contributed by atoms with Crippen LogP contribution in [0, 0.1) is 0 Å². The van der Waals surface area contributed by atoms with Gasteiger partial charge in [0.2, 0.25) is 11.7 Å². The van der Waals surface area contributed by atoms with Crippen LogP contribution in [0.3, 0.4) is 0 Å². The first-order valence-corrected chi connectivity index (χ1v) is 6.20. The Hall–Kier alpha value is -2.38. The van der Waals surface area contributed by atoms with Crippen LogP contribution >= 0.6 is 0 Å². The molecule has 1 heterocycles. The first-order chi connectivity index (χ1) is 9.88. The molecule has 0 aliphatic heterocycles. The molecule has 0 atom stereocenters. The van der Waals surface area contributed by atoms with E-state index in [1.807, 2.05) is 0 Å². The molecule has 112 valence electrons. The summed E-state index contributed by atoms with van der Waals surface area (Å²) in [5.74, 6) is -1.30. The predicted octanol–water partition coefficient (Wildman–Crippen LogP) is 2.20. The zero-order valence-electron chi connectivity index (χ0n) is 11.2. The number of amides is 1. The van der Waals surface area contributed by atoms with Crippen molar-refractivity contribution in [3.8, 4) is 0 Å². The van der Waals surface area contributed by atoms with E-state index in [1.165, 1.54) is 13.0 Å². The van der Waals surface area contributed by atoms with E-state index >= 15 is 0 Å². The fraction of sp³-hybridized carbons (Fsp3) is 0.308. The van der Waals surface area contributed by atoms with Crippen LogP contribution in [0.5, 0.6) is 0 Å². The Balaban J connectivity index is 2.29. The Morgan fingerprint density at radius 1 is 1.19 bits per heavy atom. The van der Waals surface area contributed by atoms with Gasteiger partial charge in [-0.15, -0.1) is 0 Å². The highest BCUT2D eigenvalue weighted by Gasteiger charge is 2.35. The minimum atomic E-state index is -4.61. The number of hydrogen-bond acceptors (Lipinski definition) is 4. The number of carbonyl (C=O) groups excluding carboxylic acids is 1. The van der Waals surface area contributed by atoms with E-state index in [9.17, 15) is 18.0 Å². The van der Waals surface area contributed by atoms with Crippen molar-refractivity contribution in [2.45, 2.75) is 13.1 Å². The summed E-state index contributed by atoms with van der Waals surface area (Å²) in [5.41, 5.74) is 0.210. The maximum atomic E-state index is 12.8. The molecule has 2 aromatic rings. The molecule has 5 nitrogen and oxygen atoms in total. The number of aromatic nitrogens is 2. The Morgan fingerprint density at radius 2 is 1.90 bits per heavy atom. The topological polar surface area (TPSA) is 66.9 Å². The molecule has 0 bridgehead atoms. The molecule has 2 N–H and O–H groups in total. The summed E-state index contributed by atoms with van der Waals surface area (Å²) in [7, 11) is 0. The standard InChI is InChI=1S/C13H13F3N4O/c1-8(21)17-6-7-18-11-9-4-2-3-5-10(9)19-12(20-11)13(14,15)16/h2-5H,6-7H2,1H3,(H,17,21)(H,18,19,20). The summed E-state index contributed by atoms with van der Waals surface area (Å²) < 4.78 is 38.3. The molecule has 21 heavy (non-hydrogen) atoms. The highest BCUT2D eigenvalue weighted by molar-refractivity contribution is 5.89. The average Bonchev–Trinajstić information content (AvgIpc) is 2.42. The number of hydrogen-bond donors (Lipinski definition) is 2. The molecule has 1 aromatic carbocycles. The molecule has 1 amide bonds. The maximum Gasteiger partial charge on any atom is 0.451 e. The minimum Gasteiger partial charge on any atom is -0.368 e. The van der Waals surface area contributed by atoms with Gasteiger partial charge in [0, 0.05) is 25.4 Å². The highest BCUT2D eigenvalue weighted by atomic mass is 19.4. The molecule has 0 saturated carbocycles. The second kappa shape index (κ2) is 5.94. The summed E-state index contributed by atoms with van der Waals surface area (Å²) in [4.78, 5) is 17.8. The van der Waals surface area contributed by atoms with Crippen LogP contribution in [0.1, 0.15) is 12.7 Å². The lowest BCUT2D eigenvalue weighted by molar-refractivity contribution is -0.144. The first kappa shape index (κ1) is 15.0. The van der Waals surface area contributed by atoms with E-state index in [1.54, 1.807) is 18.2 Å². The Bertz CT molecular complexity index is 657. The van der Waals surface area contributed by atoms with Crippen LogP contribution in [-0.2, 0) is 11.0 Å². The van der Waals surface area contributed by atoms with Crippen LogP contribution in [0.4, 0.5) is 19.0 Å². The van der Waals surface area contributed by atoms with Gasteiger partial charge in [0.25, 0.3) is 0 Å². The smallest absolute Gasteiger partial charge is 0.368 e. The number of rotatable bonds is 4. The number of anilines is 1. The fourth-order valence-electron chi connectivity index (χ4n) is 1.76. The third-order valence-corrected chi connectivity index (χ3v) is 2.65. The number of benzene rings is 1. The van der Waals surface area contributed by atoms with Gasteiger partial charge in [-0.2, -0.15) is 13.2 Å². The van der Waals surface area contributed by atoms with E-state index in [4.69, 9.17) is 0 Å². The molecule has 2 rings (SSSR count). The predicted molar refractivity (Wildman–Crippen MR) is 71.7 cm³/mol. The monoisotopic (exact) mass is 298 g/mol. The van der Waals surface area contributed by atoms with E-state index in [2.05, 4.69) is 20.6 Å². The van der Waals surface area contributed by atoms with Crippen molar-refractivity contribution in [2.75, 3.05) is 18.4 Å². The molecule has 0 aliphatic carbocycles. The van der Waals surface area contributed by atoms with Crippen molar-refractivity contribution in [1.82, 2.24) is 15.3 Å². The van der Waals surface area contributed by atoms with Gasteiger partial charge in [-0.05, 0) is 12.1 Å². The van der Waals surface area contributed by atoms with Gasteiger partial charge < -0.3 is 10.6 Å². The van der Waals surface area contributed by atoms with Crippen LogP contribution in [0.15, 0.2) is 24.3 Å². The van der Waals surface area contributed by atoms with Gasteiger partial charge >= 0.3 is 6.18 Å². The number of halogens is 3. The number of fused-ring (bicyclic) bond motifs is 1. The summed E-state index contributed by atoms with van der Waals surface area (Å²) in [6.45, 7) is 1.91. The van der Waals surface area contributed by atoms with E-state index < -0.39 is 12.0 Å². The average molecular weight is 298 g/mol. The van der Waals surface area contributed by atoms with E-state index in [-0.39, 0.29) is 30.3 Å². The Morgan fingerprint density at radius 3 is 2.57 bits per heavy atom. The normalized spacial score (nSPS) is 11.4. The summed E-state index contributed by atoms with van der Waals surface area (Å²) in [6.07, 6.45) is -4.61. The lowest BCUT2D eigenvalue weighted by Gasteiger charge is -2.12. The molecule has 0 fully saturated rings. The van der Waals surface area contributed by atoms with Crippen LogP contribution < -0.4 is 10.6 Å². The molecular weight excluding hydrogens is 285 g/mol. The van der Waals surface area contributed by atoms with Crippen LogP contribution in [0.25, 0.3) is 10.9 Å². The van der Waals surface area contributed by atoms with Gasteiger partial charge in [-0.3, -0.25) is 4.79 Å². The second-order valence-electron chi connectivity index (χ2n) is 4.32. The lowest BCUT2D eigenvalue weighted by Crippen LogP contribution is -2.26. The second-order valence-corrected chi connectivity index (χ2v) is 4.32. The highest BCUT2D eigenvalue weighted by Crippen LogP contribution is 2.30. The number of nitrogens with zero attached hydrogens (tertiary/aromatic N) is 2. The zero-order valence-corrected chi connectivity index (χ0v) is 11.2. The van der Waals surface area contributed by atoms with Crippen LogP contribution in [-0.4, -0.2) is 29.0 Å². The fourth-order valence-corrected chi connectivity index (χ4v) is 1.76. The van der Waals surface area contributed by atoms with Crippen molar-refractivity contribution >= 4 is 22.6 Å². The largest absolute Gasteiger partial charge is 0.451 e. The van der Waals surface area contributed by atoms with Crippen molar-refractivity contribution in [3.05, 3.63) is 30.1 Å². The van der Waals surface area contributed by atoms with Crippen molar-refractivity contribution < 1.29 is 18.0 Å². The lowest BCUT2D eigenvalue weighted by atomic mass is 10.2. The van der Waals surface area contributed by atoms with Gasteiger partial charge in [0.05, 0.1) is 5.52 Å². The van der Waals surface area contributed by atoms with Crippen molar-refractivity contribution in [2.24, 2.45) is 0 Å². The molecule has 0 aliphatic rings. The molecular formula is C13H13F3N4O. The summed E-state index contributed by atoms with van der Waals surface area (Å²) in [5, 5.41) is 5.83. The Labute approximate surface area is 118 Å². The van der Waals surface area contributed by atoms with Gasteiger partial charge in [0.15, 0.2) is 0 Å². The third kappa shape index (κ3) is 3.80. The SMILES string of the molecule is CC(=O)NCCNc1nc(C(F)(F)F)nc2ccccc12. The number of para-hydroxylation sites is 1. The van der Waals surface area contributed by atoms with Crippen LogP contribution in [0.2, 0.25) is 0 Å². The van der Waals surface area contributed by atoms with E-state index in [0.717, 1.165) is 0 Å². The van der Waals surface area contributed by atoms with Crippen molar-refractivity contribution in [3.63, 3.8) is 0 Å². The number of alkyl halides is 3. The maximum absolute atomic E-state index is 12.8. The summed E-state index contributed by atoms with van der Waals surface area (Å²) >= 11 is 0. The first-order valence-electron chi connectivity index (χ1n) is 6.20.